The number of para-hydroxylation sites is 1. The SMILES string of the molecule is Cc1cc(N2C[C@H]3CC[C@@H](C2)C3Nc2nc3n(n2)CCC[C@H]3Oc2ccccc2Cl)ncn1. The molecule has 1 saturated carbocycles. The highest BCUT2D eigenvalue weighted by Crippen LogP contribution is 2.40. The highest BCUT2D eigenvalue weighted by Gasteiger charge is 2.43. The van der Waals surface area contributed by atoms with Crippen LogP contribution in [0.1, 0.15) is 43.3 Å². The zero-order chi connectivity index (χ0) is 22.4. The van der Waals surface area contributed by atoms with Gasteiger partial charge in [-0.25, -0.2) is 14.6 Å². The molecular weight excluding hydrogens is 438 g/mol. The van der Waals surface area contributed by atoms with E-state index in [1.54, 1.807) is 6.33 Å². The molecule has 3 aromatic rings. The Morgan fingerprint density at radius 2 is 1.91 bits per heavy atom. The van der Waals surface area contributed by atoms with Crippen LogP contribution in [0.15, 0.2) is 36.7 Å². The largest absolute Gasteiger partial charge is 0.481 e. The standard InChI is InChI=1S/C24H28ClN7O/c1-15-11-21(27-14-26-15)31-12-16-8-9-17(13-31)22(16)28-24-29-23-20(7-4-10-32(23)30-24)33-19-6-3-2-5-18(19)25/h2-3,5-6,11,14,16-17,20,22H,4,7-10,12-13H2,1H3,(H,28,30)/t16-,17+,20-,22?/m1/s1. The number of rotatable bonds is 5. The van der Waals surface area contributed by atoms with Crippen molar-refractivity contribution < 1.29 is 4.74 Å². The molecule has 4 atom stereocenters. The third-order valence-corrected chi connectivity index (χ3v) is 7.49. The fourth-order valence-electron chi connectivity index (χ4n) is 5.59. The fraction of sp³-hybridized carbons (Fsp3) is 0.500. The van der Waals surface area contributed by atoms with E-state index >= 15 is 0 Å². The maximum atomic E-state index is 6.32. The normalized spacial score (nSPS) is 26.2. The third kappa shape index (κ3) is 4.01. The average molecular weight is 466 g/mol. The summed E-state index contributed by atoms with van der Waals surface area (Å²) in [6.07, 6.45) is 5.88. The van der Waals surface area contributed by atoms with Crippen molar-refractivity contribution in [1.29, 1.82) is 0 Å². The first-order valence-electron chi connectivity index (χ1n) is 11.8. The molecule has 33 heavy (non-hydrogen) atoms. The van der Waals surface area contributed by atoms with Gasteiger partial charge in [0.15, 0.2) is 11.9 Å². The number of anilines is 2. The van der Waals surface area contributed by atoms with Crippen LogP contribution in [0.25, 0.3) is 0 Å². The molecule has 2 fully saturated rings. The minimum atomic E-state index is -0.138. The van der Waals surface area contributed by atoms with E-state index in [0.29, 0.717) is 34.6 Å². The van der Waals surface area contributed by atoms with E-state index < -0.39 is 0 Å². The molecule has 1 aliphatic carbocycles. The van der Waals surface area contributed by atoms with Crippen LogP contribution in [-0.4, -0.2) is 43.9 Å². The Hall–Kier alpha value is -2.87. The van der Waals surface area contributed by atoms with Crippen molar-refractivity contribution in [3.63, 3.8) is 0 Å². The van der Waals surface area contributed by atoms with E-state index in [2.05, 4.69) is 26.3 Å². The minimum absolute atomic E-state index is 0.138. The van der Waals surface area contributed by atoms with E-state index in [1.165, 1.54) is 12.8 Å². The second-order valence-corrected chi connectivity index (χ2v) is 9.79. The zero-order valence-electron chi connectivity index (χ0n) is 18.7. The van der Waals surface area contributed by atoms with Crippen LogP contribution in [0, 0.1) is 18.8 Å². The Morgan fingerprint density at radius 1 is 1.09 bits per heavy atom. The summed E-state index contributed by atoms with van der Waals surface area (Å²) in [7, 11) is 0. The molecule has 6 rings (SSSR count). The van der Waals surface area contributed by atoms with Gasteiger partial charge in [-0.1, -0.05) is 23.7 Å². The van der Waals surface area contributed by atoms with Gasteiger partial charge in [-0.15, -0.1) is 5.10 Å². The molecule has 9 heteroatoms. The van der Waals surface area contributed by atoms with Gasteiger partial charge in [0.2, 0.25) is 5.95 Å². The molecule has 0 spiro atoms. The summed E-state index contributed by atoms with van der Waals surface area (Å²) in [4.78, 5) is 16.0. The van der Waals surface area contributed by atoms with Crippen molar-refractivity contribution in [2.24, 2.45) is 11.8 Å². The molecule has 1 N–H and O–H groups in total. The lowest BCUT2D eigenvalue weighted by Crippen LogP contribution is -2.48. The molecule has 1 saturated heterocycles. The monoisotopic (exact) mass is 465 g/mol. The van der Waals surface area contributed by atoms with Crippen LogP contribution >= 0.6 is 11.6 Å². The molecule has 0 amide bonds. The summed E-state index contributed by atoms with van der Waals surface area (Å²) in [5, 5.41) is 9.11. The number of nitrogens with one attached hydrogen (secondary N) is 1. The zero-order valence-corrected chi connectivity index (χ0v) is 19.4. The molecule has 2 aromatic heterocycles. The molecule has 172 valence electrons. The van der Waals surface area contributed by atoms with Crippen LogP contribution in [0.4, 0.5) is 11.8 Å². The predicted octanol–water partition coefficient (Wildman–Crippen LogP) is 4.27. The maximum absolute atomic E-state index is 6.32. The van der Waals surface area contributed by atoms with Crippen LogP contribution in [0.5, 0.6) is 5.75 Å². The first-order chi connectivity index (χ1) is 16.1. The number of fused-ring (bicyclic) bond motifs is 3. The molecule has 2 aliphatic heterocycles. The maximum Gasteiger partial charge on any atom is 0.242 e. The van der Waals surface area contributed by atoms with Crippen molar-refractivity contribution in [2.75, 3.05) is 23.3 Å². The summed E-state index contributed by atoms with van der Waals surface area (Å²) in [6, 6.07) is 10.1. The molecule has 0 radical (unpaired) electrons. The Bertz CT molecular complexity index is 1140. The Balaban J connectivity index is 1.17. The van der Waals surface area contributed by atoms with Gasteiger partial charge in [0, 0.05) is 37.4 Å². The Kier molecular flexibility index (Phi) is 5.32. The number of ether oxygens (including phenoxy) is 1. The lowest BCUT2D eigenvalue weighted by molar-refractivity contribution is 0.155. The summed E-state index contributed by atoms with van der Waals surface area (Å²) in [5.41, 5.74) is 1.01. The van der Waals surface area contributed by atoms with Gasteiger partial charge in [0.1, 0.15) is 17.9 Å². The summed E-state index contributed by atoms with van der Waals surface area (Å²) < 4.78 is 8.24. The van der Waals surface area contributed by atoms with Gasteiger partial charge < -0.3 is 15.0 Å². The van der Waals surface area contributed by atoms with Crippen molar-refractivity contribution in [3.05, 3.63) is 53.2 Å². The number of hydrogen-bond acceptors (Lipinski definition) is 7. The second kappa shape index (κ2) is 8.48. The van der Waals surface area contributed by atoms with Gasteiger partial charge in [-0.05, 0) is 56.6 Å². The molecule has 4 heterocycles. The smallest absolute Gasteiger partial charge is 0.242 e. The van der Waals surface area contributed by atoms with E-state index in [0.717, 1.165) is 49.8 Å². The van der Waals surface area contributed by atoms with Gasteiger partial charge in [0.25, 0.3) is 0 Å². The Morgan fingerprint density at radius 3 is 2.70 bits per heavy atom. The van der Waals surface area contributed by atoms with E-state index in [9.17, 15) is 0 Å². The third-order valence-electron chi connectivity index (χ3n) is 7.17. The van der Waals surface area contributed by atoms with Crippen LogP contribution < -0.4 is 15.0 Å². The lowest BCUT2D eigenvalue weighted by Gasteiger charge is -2.38. The van der Waals surface area contributed by atoms with Crippen LogP contribution in [0.2, 0.25) is 5.02 Å². The minimum Gasteiger partial charge on any atom is -0.481 e. The highest BCUT2D eigenvalue weighted by molar-refractivity contribution is 6.32. The number of hydrogen-bond donors (Lipinski definition) is 1. The van der Waals surface area contributed by atoms with Crippen molar-refractivity contribution in [3.8, 4) is 5.75 Å². The summed E-state index contributed by atoms with van der Waals surface area (Å²) in [5.74, 6) is 4.43. The topological polar surface area (TPSA) is 81.0 Å². The van der Waals surface area contributed by atoms with Gasteiger partial charge in [-0.2, -0.15) is 4.98 Å². The molecule has 2 bridgehead atoms. The van der Waals surface area contributed by atoms with E-state index in [1.807, 2.05) is 35.9 Å². The van der Waals surface area contributed by atoms with Crippen LogP contribution in [0.3, 0.4) is 0 Å². The second-order valence-electron chi connectivity index (χ2n) is 9.39. The van der Waals surface area contributed by atoms with Crippen molar-refractivity contribution in [1.82, 2.24) is 24.7 Å². The molecule has 1 unspecified atom stereocenters. The van der Waals surface area contributed by atoms with E-state index in [4.69, 9.17) is 26.4 Å². The summed E-state index contributed by atoms with van der Waals surface area (Å²) >= 11 is 6.32. The van der Waals surface area contributed by atoms with Crippen molar-refractivity contribution in [2.45, 2.75) is 51.3 Å². The molecule has 1 aromatic carbocycles. The van der Waals surface area contributed by atoms with Crippen molar-refractivity contribution >= 4 is 23.4 Å². The predicted molar refractivity (Wildman–Crippen MR) is 127 cm³/mol. The lowest BCUT2D eigenvalue weighted by atomic mass is 9.92. The molecule has 3 aliphatic rings. The van der Waals surface area contributed by atoms with Crippen LogP contribution in [-0.2, 0) is 6.54 Å². The quantitative estimate of drug-likeness (QED) is 0.602. The highest BCUT2D eigenvalue weighted by atomic mass is 35.5. The number of aromatic nitrogens is 5. The molecule has 8 nitrogen and oxygen atoms in total. The first kappa shape index (κ1) is 20.7. The number of halogens is 1. The van der Waals surface area contributed by atoms with Gasteiger partial charge in [-0.3, -0.25) is 0 Å². The molecular formula is C24H28ClN7O. The number of benzene rings is 1. The Labute approximate surface area is 198 Å². The van der Waals surface area contributed by atoms with Gasteiger partial charge in [0.05, 0.1) is 5.02 Å². The number of nitrogens with zero attached hydrogens (tertiary/aromatic N) is 6. The first-order valence-corrected chi connectivity index (χ1v) is 12.2. The van der Waals surface area contributed by atoms with E-state index in [-0.39, 0.29) is 6.10 Å². The summed E-state index contributed by atoms with van der Waals surface area (Å²) in [6.45, 7) is 4.88. The average Bonchev–Trinajstić information content (AvgIpc) is 3.32. The van der Waals surface area contributed by atoms with Gasteiger partial charge >= 0.3 is 0 Å². The number of piperidine rings is 1. The number of aryl methyl sites for hydroxylation is 2. The fourth-order valence-corrected chi connectivity index (χ4v) is 5.77.